The summed E-state index contributed by atoms with van der Waals surface area (Å²) >= 11 is 0. The summed E-state index contributed by atoms with van der Waals surface area (Å²) in [4.78, 5) is 36.9. The van der Waals surface area contributed by atoms with Gasteiger partial charge in [0.05, 0.1) is 5.92 Å². The lowest BCUT2D eigenvalue weighted by molar-refractivity contribution is -0.141. The molecule has 122 valence electrons. The minimum atomic E-state index is -0.844. The van der Waals surface area contributed by atoms with E-state index in [4.69, 9.17) is 5.11 Å². The molecule has 2 atom stereocenters. The van der Waals surface area contributed by atoms with Crippen LogP contribution in [0.3, 0.4) is 0 Å². The Morgan fingerprint density at radius 1 is 1.30 bits per heavy atom. The molecule has 2 amide bonds. The van der Waals surface area contributed by atoms with Gasteiger partial charge in [0.25, 0.3) is 0 Å². The molecule has 1 aromatic carbocycles. The zero-order valence-corrected chi connectivity index (χ0v) is 12.8. The van der Waals surface area contributed by atoms with Gasteiger partial charge in [0.2, 0.25) is 11.8 Å². The van der Waals surface area contributed by atoms with Crippen LogP contribution in [0, 0.1) is 11.8 Å². The lowest BCUT2D eigenvalue weighted by Gasteiger charge is -2.25. The molecule has 0 saturated carbocycles. The number of hydrogen-bond acceptors (Lipinski definition) is 3. The minimum Gasteiger partial charge on any atom is -0.481 e. The first-order chi connectivity index (χ1) is 11.0. The molecule has 23 heavy (non-hydrogen) atoms. The summed E-state index contributed by atoms with van der Waals surface area (Å²) in [7, 11) is 0. The Bertz CT molecular complexity index is 643. The maximum absolute atomic E-state index is 12.2. The molecule has 0 unspecified atom stereocenters. The molecular weight excluding hydrogens is 296 g/mol. The number of carbonyl (C=O) groups is 3. The molecule has 2 N–H and O–H groups in total. The molecule has 3 rings (SSSR count). The normalized spacial score (nSPS) is 23.3. The van der Waals surface area contributed by atoms with E-state index in [-0.39, 0.29) is 30.7 Å². The first-order valence-electron chi connectivity index (χ1n) is 7.94. The van der Waals surface area contributed by atoms with E-state index in [2.05, 4.69) is 5.32 Å². The third kappa shape index (κ3) is 3.36. The Morgan fingerprint density at radius 3 is 2.83 bits per heavy atom. The molecule has 6 nitrogen and oxygen atoms in total. The van der Waals surface area contributed by atoms with Gasteiger partial charge in [-0.1, -0.05) is 18.2 Å². The number of hydrogen-bond donors (Lipinski definition) is 2. The maximum atomic E-state index is 12.2. The van der Waals surface area contributed by atoms with E-state index in [9.17, 15) is 14.4 Å². The van der Waals surface area contributed by atoms with Crippen LogP contribution in [-0.2, 0) is 20.8 Å². The lowest BCUT2D eigenvalue weighted by Crippen LogP contribution is -2.33. The Hall–Kier alpha value is -2.37. The van der Waals surface area contributed by atoms with E-state index in [1.165, 1.54) is 0 Å². The number of nitrogens with zero attached hydrogens (tertiary/aromatic N) is 1. The first kappa shape index (κ1) is 15.5. The SMILES string of the molecule is O=C(O)[C@@H]1CCN(C(=O)CC[C@@H]2Cc3ccccc3NC2=O)C1. The molecule has 2 aliphatic rings. The number of nitrogens with one attached hydrogen (secondary N) is 1. The van der Waals surface area contributed by atoms with Gasteiger partial charge in [-0.3, -0.25) is 14.4 Å². The molecule has 2 heterocycles. The van der Waals surface area contributed by atoms with E-state index in [1.807, 2.05) is 24.3 Å². The predicted octanol–water partition coefficient (Wildman–Crippen LogP) is 1.51. The van der Waals surface area contributed by atoms with Crippen LogP contribution in [0.25, 0.3) is 0 Å². The Balaban J connectivity index is 1.54. The average molecular weight is 316 g/mol. The standard InChI is InChI=1S/C17H20N2O4/c20-15(19-8-7-13(10-19)17(22)23)6-5-12-9-11-3-1-2-4-14(11)18-16(12)21/h1-4,12-13H,5-10H2,(H,18,21)(H,22,23)/t12-,13-/m1/s1. The van der Waals surface area contributed by atoms with E-state index in [1.54, 1.807) is 4.90 Å². The highest BCUT2D eigenvalue weighted by Crippen LogP contribution is 2.28. The second kappa shape index (κ2) is 6.40. The zero-order valence-electron chi connectivity index (χ0n) is 12.8. The van der Waals surface area contributed by atoms with Gasteiger partial charge in [-0.25, -0.2) is 0 Å². The molecule has 0 aromatic heterocycles. The molecule has 1 fully saturated rings. The van der Waals surface area contributed by atoms with Gasteiger partial charge in [-0.2, -0.15) is 0 Å². The van der Waals surface area contributed by atoms with Gasteiger partial charge in [0.1, 0.15) is 0 Å². The molecule has 0 radical (unpaired) electrons. The highest BCUT2D eigenvalue weighted by molar-refractivity contribution is 5.96. The molecule has 6 heteroatoms. The van der Waals surface area contributed by atoms with Gasteiger partial charge in [0, 0.05) is 31.1 Å². The summed E-state index contributed by atoms with van der Waals surface area (Å²) < 4.78 is 0. The van der Waals surface area contributed by atoms with Gasteiger partial charge < -0.3 is 15.3 Å². The fourth-order valence-corrected chi connectivity index (χ4v) is 3.29. The van der Waals surface area contributed by atoms with Crippen LogP contribution in [0.5, 0.6) is 0 Å². The summed E-state index contributed by atoms with van der Waals surface area (Å²) in [5.74, 6) is -1.60. The Labute approximate surface area is 134 Å². The monoisotopic (exact) mass is 316 g/mol. The highest BCUT2D eigenvalue weighted by Gasteiger charge is 2.32. The summed E-state index contributed by atoms with van der Waals surface area (Å²) in [5.41, 5.74) is 1.94. The van der Waals surface area contributed by atoms with Crippen molar-refractivity contribution in [1.82, 2.24) is 4.90 Å². The number of rotatable bonds is 4. The van der Waals surface area contributed by atoms with Crippen molar-refractivity contribution in [3.63, 3.8) is 0 Å². The van der Waals surface area contributed by atoms with Crippen molar-refractivity contribution in [2.45, 2.75) is 25.7 Å². The van der Waals surface area contributed by atoms with Gasteiger partial charge in [-0.05, 0) is 30.9 Å². The fourth-order valence-electron chi connectivity index (χ4n) is 3.29. The number of para-hydroxylation sites is 1. The second-order valence-corrected chi connectivity index (χ2v) is 6.25. The molecule has 1 saturated heterocycles. The first-order valence-corrected chi connectivity index (χ1v) is 7.94. The molecular formula is C17H20N2O4. The largest absolute Gasteiger partial charge is 0.481 e. The smallest absolute Gasteiger partial charge is 0.308 e. The Kier molecular flexibility index (Phi) is 4.32. The third-order valence-electron chi connectivity index (χ3n) is 4.71. The van der Waals surface area contributed by atoms with Crippen molar-refractivity contribution in [2.75, 3.05) is 18.4 Å². The number of carboxylic acids is 1. The summed E-state index contributed by atoms with van der Waals surface area (Å²) in [6.45, 7) is 0.781. The fraction of sp³-hybridized carbons (Fsp3) is 0.471. The van der Waals surface area contributed by atoms with Gasteiger partial charge in [-0.15, -0.1) is 0 Å². The predicted molar refractivity (Wildman–Crippen MR) is 83.8 cm³/mol. The summed E-state index contributed by atoms with van der Waals surface area (Å²) in [6.07, 6.45) is 1.94. The van der Waals surface area contributed by atoms with Crippen molar-refractivity contribution < 1.29 is 19.5 Å². The average Bonchev–Trinajstić information content (AvgIpc) is 3.03. The van der Waals surface area contributed by atoms with Crippen LogP contribution >= 0.6 is 0 Å². The highest BCUT2D eigenvalue weighted by atomic mass is 16.4. The van der Waals surface area contributed by atoms with E-state index in [0.717, 1.165) is 11.3 Å². The van der Waals surface area contributed by atoms with Crippen LogP contribution in [0.15, 0.2) is 24.3 Å². The molecule has 0 spiro atoms. The molecule has 0 bridgehead atoms. The number of anilines is 1. The maximum Gasteiger partial charge on any atom is 0.308 e. The third-order valence-corrected chi connectivity index (χ3v) is 4.71. The number of fused-ring (bicyclic) bond motifs is 1. The van der Waals surface area contributed by atoms with Crippen molar-refractivity contribution in [1.29, 1.82) is 0 Å². The molecule has 2 aliphatic heterocycles. The molecule has 1 aromatic rings. The van der Waals surface area contributed by atoms with Gasteiger partial charge >= 0.3 is 5.97 Å². The number of benzene rings is 1. The van der Waals surface area contributed by atoms with Crippen molar-refractivity contribution in [2.24, 2.45) is 11.8 Å². The van der Waals surface area contributed by atoms with E-state index < -0.39 is 11.9 Å². The van der Waals surface area contributed by atoms with Crippen LogP contribution in [0.2, 0.25) is 0 Å². The van der Waals surface area contributed by atoms with E-state index in [0.29, 0.717) is 25.8 Å². The van der Waals surface area contributed by atoms with Crippen LogP contribution in [0.1, 0.15) is 24.8 Å². The Morgan fingerprint density at radius 2 is 2.09 bits per heavy atom. The zero-order chi connectivity index (χ0) is 16.4. The van der Waals surface area contributed by atoms with Crippen LogP contribution in [0.4, 0.5) is 5.69 Å². The van der Waals surface area contributed by atoms with Crippen LogP contribution in [-0.4, -0.2) is 40.9 Å². The lowest BCUT2D eigenvalue weighted by atomic mass is 9.89. The summed E-state index contributed by atoms with van der Waals surface area (Å²) in [6, 6.07) is 7.69. The number of aliphatic carboxylic acids is 1. The number of amides is 2. The molecule has 0 aliphatic carbocycles. The van der Waals surface area contributed by atoms with Crippen molar-refractivity contribution in [3.05, 3.63) is 29.8 Å². The summed E-state index contributed by atoms with van der Waals surface area (Å²) in [5, 5.41) is 11.9. The van der Waals surface area contributed by atoms with Crippen LogP contribution < -0.4 is 5.32 Å². The second-order valence-electron chi connectivity index (χ2n) is 6.25. The minimum absolute atomic E-state index is 0.0404. The number of likely N-dealkylation sites (tertiary alicyclic amines) is 1. The van der Waals surface area contributed by atoms with Gasteiger partial charge in [0.15, 0.2) is 0 Å². The topological polar surface area (TPSA) is 86.7 Å². The number of carbonyl (C=O) groups excluding carboxylic acids is 2. The quantitative estimate of drug-likeness (QED) is 0.881. The van der Waals surface area contributed by atoms with E-state index >= 15 is 0 Å². The van der Waals surface area contributed by atoms with Crippen molar-refractivity contribution >= 4 is 23.5 Å². The van der Waals surface area contributed by atoms with Crippen molar-refractivity contribution in [3.8, 4) is 0 Å². The number of carboxylic acid groups (broad SMARTS) is 1.